The van der Waals surface area contributed by atoms with E-state index < -0.39 is 15.9 Å². The molecule has 23 heavy (non-hydrogen) atoms. The second kappa shape index (κ2) is 6.33. The van der Waals surface area contributed by atoms with Crippen molar-refractivity contribution in [3.8, 4) is 0 Å². The van der Waals surface area contributed by atoms with Gasteiger partial charge in [0.1, 0.15) is 5.58 Å². The Hall–Kier alpha value is -1.86. The largest absolute Gasteiger partial charge is 0.451 e. The summed E-state index contributed by atoms with van der Waals surface area (Å²) in [5, 5.41) is 3.48. The highest BCUT2D eigenvalue weighted by atomic mass is 32.2. The maximum Gasteiger partial charge on any atom is 0.287 e. The number of benzene rings is 1. The van der Waals surface area contributed by atoms with Gasteiger partial charge in [0, 0.05) is 25.0 Å². The molecule has 0 atom stereocenters. The highest BCUT2D eigenvalue weighted by Crippen LogP contribution is 2.20. The molecule has 1 aromatic heterocycles. The van der Waals surface area contributed by atoms with E-state index >= 15 is 0 Å². The van der Waals surface area contributed by atoms with Crippen molar-refractivity contribution in [3.63, 3.8) is 0 Å². The fourth-order valence-corrected chi connectivity index (χ4v) is 4.18. The second-order valence-corrected chi connectivity index (χ2v) is 7.92. The number of rotatable bonds is 5. The first kappa shape index (κ1) is 16.0. The average Bonchev–Trinajstić information content (AvgIpc) is 3.16. The van der Waals surface area contributed by atoms with Crippen molar-refractivity contribution in [3.05, 3.63) is 35.6 Å². The predicted molar refractivity (Wildman–Crippen MR) is 87.9 cm³/mol. The lowest BCUT2D eigenvalue weighted by Gasteiger charge is -2.15. The molecule has 2 aromatic rings. The van der Waals surface area contributed by atoms with Crippen LogP contribution in [-0.4, -0.2) is 44.0 Å². The van der Waals surface area contributed by atoms with Gasteiger partial charge in [-0.15, -0.1) is 0 Å². The van der Waals surface area contributed by atoms with Gasteiger partial charge in [0.2, 0.25) is 10.0 Å². The van der Waals surface area contributed by atoms with E-state index in [9.17, 15) is 13.2 Å². The zero-order chi connectivity index (χ0) is 16.4. The molecule has 1 aliphatic heterocycles. The van der Waals surface area contributed by atoms with Crippen molar-refractivity contribution in [2.75, 3.05) is 25.4 Å². The molecule has 1 fully saturated rings. The summed E-state index contributed by atoms with van der Waals surface area (Å²) < 4.78 is 31.1. The standard InChI is InChI=1S/C16H20N2O4S/c1-12-4-5-14-13(10-12)11-15(22-14)16(19)17-6-9-23(20,21)18-7-2-3-8-18/h4-5,10-11H,2-3,6-9H2,1H3,(H,17,19). The smallest absolute Gasteiger partial charge is 0.287 e. The normalized spacial score (nSPS) is 16.0. The highest BCUT2D eigenvalue weighted by Gasteiger charge is 2.25. The molecule has 0 aliphatic carbocycles. The van der Waals surface area contributed by atoms with E-state index in [0.717, 1.165) is 23.8 Å². The van der Waals surface area contributed by atoms with E-state index in [4.69, 9.17) is 4.42 Å². The molecule has 0 bridgehead atoms. The third kappa shape index (κ3) is 3.56. The van der Waals surface area contributed by atoms with Gasteiger partial charge in [-0.05, 0) is 38.0 Å². The topological polar surface area (TPSA) is 79.6 Å². The van der Waals surface area contributed by atoms with E-state index in [1.165, 1.54) is 4.31 Å². The number of amides is 1. The number of nitrogens with one attached hydrogen (secondary N) is 1. The van der Waals surface area contributed by atoms with E-state index in [0.29, 0.717) is 18.7 Å². The number of fused-ring (bicyclic) bond motifs is 1. The minimum absolute atomic E-state index is 0.0771. The lowest BCUT2D eigenvalue weighted by molar-refractivity contribution is 0.0930. The minimum atomic E-state index is -3.28. The van der Waals surface area contributed by atoms with Gasteiger partial charge in [0.05, 0.1) is 5.75 Å². The Kier molecular flexibility index (Phi) is 4.41. The van der Waals surface area contributed by atoms with Crippen LogP contribution in [0.3, 0.4) is 0 Å². The number of furan rings is 1. The monoisotopic (exact) mass is 336 g/mol. The molecule has 1 saturated heterocycles. The Morgan fingerprint density at radius 2 is 2.00 bits per heavy atom. The van der Waals surface area contributed by atoms with Gasteiger partial charge in [-0.1, -0.05) is 11.6 Å². The van der Waals surface area contributed by atoms with Gasteiger partial charge >= 0.3 is 0 Å². The van der Waals surface area contributed by atoms with E-state index in [1.807, 2.05) is 25.1 Å². The quantitative estimate of drug-likeness (QED) is 0.904. The van der Waals surface area contributed by atoms with Crippen LogP contribution < -0.4 is 5.32 Å². The molecule has 0 saturated carbocycles. The molecule has 0 unspecified atom stereocenters. The molecule has 2 heterocycles. The first-order chi connectivity index (χ1) is 11.0. The van der Waals surface area contributed by atoms with Gasteiger partial charge in [-0.25, -0.2) is 12.7 Å². The molecule has 1 aromatic carbocycles. The fourth-order valence-electron chi connectivity index (χ4n) is 2.75. The van der Waals surface area contributed by atoms with Crippen LogP contribution in [0, 0.1) is 6.92 Å². The van der Waals surface area contributed by atoms with Crippen LogP contribution in [0.5, 0.6) is 0 Å². The summed E-state index contributed by atoms with van der Waals surface area (Å²) >= 11 is 0. The Morgan fingerprint density at radius 1 is 1.26 bits per heavy atom. The third-order valence-electron chi connectivity index (χ3n) is 4.00. The number of carbonyl (C=O) groups is 1. The van der Waals surface area contributed by atoms with E-state index in [1.54, 1.807) is 6.07 Å². The van der Waals surface area contributed by atoms with Gasteiger partial charge < -0.3 is 9.73 Å². The Bertz CT molecular complexity index is 820. The van der Waals surface area contributed by atoms with Crippen LogP contribution >= 0.6 is 0 Å². The van der Waals surface area contributed by atoms with Gasteiger partial charge in [-0.3, -0.25) is 4.79 Å². The molecule has 3 rings (SSSR count). The number of sulfonamides is 1. The SMILES string of the molecule is Cc1ccc2oc(C(=O)NCCS(=O)(=O)N3CCCC3)cc2c1. The van der Waals surface area contributed by atoms with E-state index in [2.05, 4.69) is 5.32 Å². The fraction of sp³-hybridized carbons (Fsp3) is 0.438. The molecular formula is C16H20N2O4S. The zero-order valence-electron chi connectivity index (χ0n) is 13.0. The van der Waals surface area contributed by atoms with Crippen molar-refractivity contribution in [2.24, 2.45) is 0 Å². The number of aryl methyl sites for hydroxylation is 1. The molecular weight excluding hydrogens is 316 g/mol. The Balaban J connectivity index is 1.60. The first-order valence-corrected chi connectivity index (χ1v) is 9.33. The summed E-state index contributed by atoms with van der Waals surface area (Å²) in [7, 11) is -3.28. The number of nitrogens with zero attached hydrogens (tertiary/aromatic N) is 1. The molecule has 1 amide bonds. The van der Waals surface area contributed by atoms with Crippen LogP contribution in [0.2, 0.25) is 0 Å². The lowest BCUT2D eigenvalue weighted by Crippen LogP contribution is -2.36. The van der Waals surface area contributed by atoms with Gasteiger partial charge in [0.25, 0.3) is 5.91 Å². The summed E-state index contributed by atoms with van der Waals surface area (Å²) in [6.07, 6.45) is 1.81. The van der Waals surface area contributed by atoms with Crippen molar-refractivity contribution < 1.29 is 17.6 Å². The van der Waals surface area contributed by atoms with Crippen molar-refractivity contribution in [2.45, 2.75) is 19.8 Å². The van der Waals surface area contributed by atoms with E-state index in [-0.39, 0.29) is 18.1 Å². The first-order valence-electron chi connectivity index (χ1n) is 7.72. The average molecular weight is 336 g/mol. The predicted octanol–water partition coefficient (Wildman–Crippen LogP) is 1.90. The maximum absolute atomic E-state index is 12.1. The number of carbonyl (C=O) groups excluding carboxylic acids is 1. The Morgan fingerprint density at radius 3 is 2.74 bits per heavy atom. The molecule has 7 heteroatoms. The minimum Gasteiger partial charge on any atom is -0.451 e. The Labute approximate surface area is 135 Å². The van der Waals surface area contributed by atoms with Gasteiger partial charge in [0.15, 0.2) is 5.76 Å². The molecule has 1 aliphatic rings. The molecule has 0 spiro atoms. The van der Waals surface area contributed by atoms with Crippen LogP contribution in [0.25, 0.3) is 11.0 Å². The number of hydrogen-bond acceptors (Lipinski definition) is 4. The van der Waals surface area contributed by atoms with Crippen LogP contribution in [-0.2, 0) is 10.0 Å². The lowest BCUT2D eigenvalue weighted by atomic mass is 10.2. The van der Waals surface area contributed by atoms with Crippen LogP contribution in [0.4, 0.5) is 0 Å². The second-order valence-electron chi connectivity index (χ2n) is 5.83. The molecule has 6 nitrogen and oxygen atoms in total. The van der Waals surface area contributed by atoms with Crippen molar-refractivity contribution >= 4 is 26.9 Å². The summed E-state index contributed by atoms with van der Waals surface area (Å²) in [5.74, 6) is -0.280. The van der Waals surface area contributed by atoms with Crippen molar-refractivity contribution in [1.82, 2.24) is 9.62 Å². The summed E-state index contributed by atoms with van der Waals surface area (Å²) in [5.41, 5.74) is 1.73. The van der Waals surface area contributed by atoms with Crippen molar-refractivity contribution in [1.29, 1.82) is 0 Å². The summed E-state index contributed by atoms with van der Waals surface area (Å²) in [6.45, 7) is 3.21. The van der Waals surface area contributed by atoms with Crippen LogP contribution in [0.15, 0.2) is 28.7 Å². The third-order valence-corrected chi connectivity index (χ3v) is 5.87. The van der Waals surface area contributed by atoms with Gasteiger partial charge in [-0.2, -0.15) is 0 Å². The summed E-state index contributed by atoms with van der Waals surface area (Å²) in [6, 6.07) is 7.34. The molecule has 124 valence electrons. The highest BCUT2D eigenvalue weighted by molar-refractivity contribution is 7.89. The zero-order valence-corrected chi connectivity index (χ0v) is 13.9. The molecule has 1 N–H and O–H groups in total. The number of hydrogen-bond donors (Lipinski definition) is 1. The van der Waals surface area contributed by atoms with Crippen LogP contribution in [0.1, 0.15) is 29.0 Å². The summed E-state index contributed by atoms with van der Waals surface area (Å²) in [4.78, 5) is 12.1. The maximum atomic E-state index is 12.1. The molecule has 0 radical (unpaired) electrons.